The molecule has 1 N–H and O–H groups in total. The van der Waals surface area contributed by atoms with Crippen molar-refractivity contribution < 1.29 is 14.6 Å². The molecule has 0 spiro atoms. The van der Waals surface area contributed by atoms with E-state index in [0.29, 0.717) is 23.6 Å². The average molecular weight is 277 g/mol. The second-order valence-corrected chi connectivity index (χ2v) is 5.23. The fourth-order valence-electron chi connectivity index (χ4n) is 1.83. The molecule has 5 heteroatoms. The second kappa shape index (κ2) is 5.95. The van der Waals surface area contributed by atoms with Gasteiger partial charge < -0.3 is 9.84 Å². The van der Waals surface area contributed by atoms with Crippen LogP contribution in [0.4, 0.5) is 0 Å². The zero-order chi connectivity index (χ0) is 13.8. The normalized spacial score (nSPS) is 10.6. The maximum absolute atomic E-state index is 11.3. The lowest BCUT2D eigenvalue weighted by atomic mass is 10.1. The summed E-state index contributed by atoms with van der Waals surface area (Å²) >= 11 is 1.22. The number of aromatic carboxylic acids is 1. The lowest BCUT2D eigenvalue weighted by molar-refractivity contribution is 0.0702. The number of benzene rings is 1. The number of carbonyl (C=O) groups is 1. The number of carboxylic acids is 1. The molecule has 1 aromatic heterocycles. The van der Waals surface area contributed by atoms with Crippen molar-refractivity contribution in [3.05, 3.63) is 39.7 Å². The summed E-state index contributed by atoms with van der Waals surface area (Å²) in [7, 11) is 1.62. The van der Waals surface area contributed by atoms with Crippen LogP contribution in [0.2, 0.25) is 0 Å². The number of rotatable bonds is 5. The molecule has 0 saturated carbocycles. The van der Waals surface area contributed by atoms with Gasteiger partial charge in [-0.2, -0.15) is 0 Å². The summed E-state index contributed by atoms with van der Waals surface area (Å²) in [5.74, 6) is -0.931. The zero-order valence-electron chi connectivity index (χ0n) is 10.8. The maximum Gasteiger partial charge on any atom is 0.348 e. The van der Waals surface area contributed by atoms with Gasteiger partial charge in [0.1, 0.15) is 4.88 Å². The topological polar surface area (TPSA) is 59.4 Å². The van der Waals surface area contributed by atoms with Crippen LogP contribution in [0.1, 0.15) is 20.2 Å². The molecule has 0 radical (unpaired) electrons. The van der Waals surface area contributed by atoms with E-state index in [1.165, 1.54) is 11.3 Å². The molecule has 2 rings (SSSR count). The summed E-state index contributed by atoms with van der Waals surface area (Å²) in [5, 5.41) is 10.1. The molecule has 2 aromatic rings. The molecule has 0 amide bonds. The van der Waals surface area contributed by atoms with Crippen LogP contribution in [0.3, 0.4) is 0 Å². The minimum absolute atomic E-state index is 0.292. The molecule has 19 heavy (non-hydrogen) atoms. The van der Waals surface area contributed by atoms with Crippen molar-refractivity contribution in [3.63, 3.8) is 0 Å². The van der Waals surface area contributed by atoms with Gasteiger partial charge in [0.2, 0.25) is 0 Å². The highest BCUT2D eigenvalue weighted by atomic mass is 32.1. The van der Waals surface area contributed by atoms with Gasteiger partial charge in [0.25, 0.3) is 0 Å². The van der Waals surface area contributed by atoms with Gasteiger partial charge in [-0.25, -0.2) is 9.78 Å². The first-order valence-corrected chi connectivity index (χ1v) is 6.73. The Morgan fingerprint density at radius 3 is 2.79 bits per heavy atom. The minimum atomic E-state index is -0.931. The standard InChI is InChI=1S/C14H15NO3S/c1-9-5-3-4-6-10(9)12-13(14(16)17)19-11(15-12)7-8-18-2/h3-6H,7-8H2,1-2H3,(H,16,17). The number of aryl methyl sites for hydroxylation is 1. The van der Waals surface area contributed by atoms with Gasteiger partial charge in [0.15, 0.2) is 0 Å². The molecular formula is C14H15NO3S. The minimum Gasteiger partial charge on any atom is -0.477 e. The highest BCUT2D eigenvalue weighted by molar-refractivity contribution is 7.14. The average Bonchev–Trinajstić information content (AvgIpc) is 2.81. The Bertz CT molecular complexity index is 592. The van der Waals surface area contributed by atoms with E-state index in [4.69, 9.17) is 4.74 Å². The Morgan fingerprint density at radius 2 is 2.16 bits per heavy atom. The quantitative estimate of drug-likeness (QED) is 0.912. The van der Waals surface area contributed by atoms with E-state index in [1.54, 1.807) is 7.11 Å². The third-order valence-corrected chi connectivity index (χ3v) is 3.89. The summed E-state index contributed by atoms with van der Waals surface area (Å²) in [6.45, 7) is 2.49. The SMILES string of the molecule is COCCc1nc(-c2ccccc2C)c(C(=O)O)s1. The molecule has 0 saturated heterocycles. The molecule has 0 fully saturated rings. The van der Waals surface area contributed by atoms with Crippen LogP contribution in [0.25, 0.3) is 11.3 Å². The summed E-state index contributed by atoms with van der Waals surface area (Å²) in [6, 6.07) is 7.67. The molecule has 0 aliphatic carbocycles. The molecule has 0 bridgehead atoms. The molecule has 100 valence electrons. The number of nitrogens with zero attached hydrogens (tertiary/aromatic N) is 1. The van der Waals surface area contributed by atoms with Crippen LogP contribution < -0.4 is 0 Å². The molecule has 0 unspecified atom stereocenters. The van der Waals surface area contributed by atoms with Crippen molar-refractivity contribution >= 4 is 17.3 Å². The van der Waals surface area contributed by atoms with Crippen molar-refractivity contribution in [2.45, 2.75) is 13.3 Å². The van der Waals surface area contributed by atoms with Gasteiger partial charge in [0.05, 0.1) is 17.3 Å². The molecule has 0 atom stereocenters. The van der Waals surface area contributed by atoms with Gasteiger partial charge in [0, 0.05) is 19.1 Å². The summed E-state index contributed by atoms with van der Waals surface area (Å²) < 4.78 is 5.00. The first-order valence-electron chi connectivity index (χ1n) is 5.91. The fourth-order valence-corrected chi connectivity index (χ4v) is 2.72. The van der Waals surface area contributed by atoms with E-state index in [9.17, 15) is 9.90 Å². The van der Waals surface area contributed by atoms with Crippen LogP contribution in [0.5, 0.6) is 0 Å². The smallest absolute Gasteiger partial charge is 0.348 e. The highest BCUT2D eigenvalue weighted by Gasteiger charge is 2.19. The Hall–Kier alpha value is -1.72. The fraction of sp³-hybridized carbons (Fsp3) is 0.286. The molecule has 1 aromatic carbocycles. The van der Waals surface area contributed by atoms with Crippen molar-refractivity contribution in [2.75, 3.05) is 13.7 Å². The Morgan fingerprint density at radius 1 is 1.42 bits per heavy atom. The first kappa shape index (κ1) is 13.7. The maximum atomic E-state index is 11.3. The van der Waals surface area contributed by atoms with Crippen molar-refractivity contribution in [3.8, 4) is 11.3 Å². The first-order chi connectivity index (χ1) is 9.13. The zero-order valence-corrected chi connectivity index (χ0v) is 11.7. The van der Waals surface area contributed by atoms with Crippen molar-refractivity contribution in [2.24, 2.45) is 0 Å². The van der Waals surface area contributed by atoms with Crippen molar-refractivity contribution in [1.29, 1.82) is 0 Å². The van der Waals surface area contributed by atoms with E-state index in [1.807, 2.05) is 31.2 Å². The summed E-state index contributed by atoms with van der Waals surface area (Å²) in [5.41, 5.74) is 2.45. The monoisotopic (exact) mass is 277 g/mol. The van der Waals surface area contributed by atoms with Crippen LogP contribution in [-0.2, 0) is 11.2 Å². The summed E-state index contributed by atoms with van der Waals surface area (Å²) in [4.78, 5) is 16.1. The third kappa shape index (κ3) is 3.00. The number of thiazole rings is 1. The van der Waals surface area contributed by atoms with E-state index >= 15 is 0 Å². The second-order valence-electron chi connectivity index (χ2n) is 4.15. The number of ether oxygens (including phenoxy) is 1. The lowest BCUT2D eigenvalue weighted by Crippen LogP contribution is -1.96. The van der Waals surface area contributed by atoms with Crippen molar-refractivity contribution in [1.82, 2.24) is 4.98 Å². The highest BCUT2D eigenvalue weighted by Crippen LogP contribution is 2.30. The van der Waals surface area contributed by atoms with Gasteiger partial charge in [-0.3, -0.25) is 0 Å². The van der Waals surface area contributed by atoms with Gasteiger partial charge in [-0.1, -0.05) is 24.3 Å². The van der Waals surface area contributed by atoms with Crippen LogP contribution in [0, 0.1) is 6.92 Å². The number of methoxy groups -OCH3 is 1. The molecule has 4 nitrogen and oxygen atoms in total. The Balaban J connectivity index is 2.46. The number of carboxylic acid groups (broad SMARTS) is 1. The van der Waals surface area contributed by atoms with Gasteiger partial charge >= 0.3 is 5.97 Å². The van der Waals surface area contributed by atoms with Crippen LogP contribution in [-0.4, -0.2) is 29.8 Å². The number of aromatic nitrogens is 1. The third-order valence-electron chi connectivity index (χ3n) is 2.79. The Kier molecular flexibility index (Phi) is 4.29. The van der Waals surface area contributed by atoms with Crippen LogP contribution in [0.15, 0.2) is 24.3 Å². The van der Waals surface area contributed by atoms with E-state index in [2.05, 4.69) is 4.98 Å². The molecule has 1 heterocycles. The number of hydrogen-bond acceptors (Lipinski definition) is 4. The van der Waals surface area contributed by atoms with E-state index in [0.717, 1.165) is 16.1 Å². The predicted molar refractivity (Wildman–Crippen MR) is 74.8 cm³/mol. The lowest BCUT2D eigenvalue weighted by Gasteiger charge is -2.02. The van der Waals surface area contributed by atoms with Gasteiger partial charge in [-0.05, 0) is 12.5 Å². The molecule has 0 aliphatic rings. The summed E-state index contributed by atoms with van der Waals surface area (Å²) in [6.07, 6.45) is 0.632. The van der Waals surface area contributed by atoms with Gasteiger partial charge in [-0.15, -0.1) is 11.3 Å². The van der Waals surface area contributed by atoms with E-state index in [-0.39, 0.29) is 0 Å². The Labute approximate surface area is 115 Å². The molecular weight excluding hydrogens is 262 g/mol. The largest absolute Gasteiger partial charge is 0.477 e. The van der Waals surface area contributed by atoms with Crippen LogP contribution >= 0.6 is 11.3 Å². The van der Waals surface area contributed by atoms with E-state index < -0.39 is 5.97 Å². The predicted octanol–water partition coefficient (Wildman–Crippen LogP) is 3.01. The number of hydrogen-bond donors (Lipinski definition) is 1. The molecule has 0 aliphatic heterocycles.